The predicted molar refractivity (Wildman–Crippen MR) is 91.1 cm³/mol. The van der Waals surface area contributed by atoms with Crippen LogP contribution in [0.3, 0.4) is 0 Å². The van der Waals surface area contributed by atoms with Crippen LogP contribution in [-0.2, 0) is 9.53 Å². The molecule has 2 heterocycles. The van der Waals surface area contributed by atoms with Crippen molar-refractivity contribution in [2.24, 2.45) is 5.73 Å². The SMILES string of the molecule is NC(=O)C(Cl)(Cl)C1OC(=O)N(F)C1c1ccc(N2CCNCC2)cc1. The highest BCUT2D eigenvalue weighted by Gasteiger charge is 2.56. The molecule has 0 saturated carbocycles. The molecule has 2 fully saturated rings. The van der Waals surface area contributed by atoms with Gasteiger partial charge in [0, 0.05) is 31.9 Å². The maximum absolute atomic E-state index is 14.2. The van der Waals surface area contributed by atoms with E-state index in [-0.39, 0.29) is 5.12 Å². The summed E-state index contributed by atoms with van der Waals surface area (Å²) >= 11 is 11.8. The first-order valence-corrected chi connectivity index (χ1v) is 8.47. The van der Waals surface area contributed by atoms with Crippen molar-refractivity contribution in [1.29, 1.82) is 0 Å². The van der Waals surface area contributed by atoms with Gasteiger partial charge in [0.05, 0.1) is 0 Å². The monoisotopic (exact) mass is 390 g/mol. The zero-order valence-electron chi connectivity index (χ0n) is 13.1. The number of carbonyl (C=O) groups excluding carboxylic acids is 2. The van der Waals surface area contributed by atoms with E-state index in [0.29, 0.717) is 5.56 Å². The first-order valence-electron chi connectivity index (χ1n) is 7.71. The summed E-state index contributed by atoms with van der Waals surface area (Å²) in [5.41, 5.74) is 6.52. The summed E-state index contributed by atoms with van der Waals surface area (Å²) in [6.45, 7) is 3.48. The molecule has 0 radical (unpaired) electrons. The van der Waals surface area contributed by atoms with E-state index in [4.69, 9.17) is 33.7 Å². The maximum Gasteiger partial charge on any atom is 0.439 e. The fraction of sp³-hybridized carbons (Fsp3) is 0.467. The first kappa shape index (κ1) is 18.0. The van der Waals surface area contributed by atoms with Crippen LogP contribution in [0.2, 0.25) is 0 Å². The van der Waals surface area contributed by atoms with Crippen LogP contribution in [0, 0.1) is 0 Å². The summed E-state index contributed by atoms with van der Waals surface area (Å²) in [5, 5.41) is 3.13. The molecule has 2 aliphatic rings. The largest absolute Gasteiger partial charge is 0.439 e. The molecule has 2 amide bonds. The van der Waals surface area contributed by atoms with Gasteiger partial charge in [-0.3, -0.25) is 4.79 Å². The lowest BCUT2D eigenvalue weighted by molar-refractivity contribution is -0.120. The number of cyclic esters (lactones) is 1. The fourth-order valence-electron chi connectivity index (χ4n) is 2.98. The Morgan fingerprint density at radius 1 is 1.28 bits per heavy atom. The fourth-order valence-corrected chi connectivity index (χ4v) is 3.31. The number of alkyl halides is 2. The molecule has 0 bridgehead atoms. The van der Waals surface area contributed by atoms with E-state index in [2.05, 4.69) is 10.2 Å². The second kappa shape index (κ2) is 6.86. The molecule has 2 unspecified atom stereocenters. The second-order valence-corrected chi connectivity index (χ2v) is 7.26. The Balaban J connectivity index is 1.87. The zero-order valence-corrected chi connectivity index (χ0v) is 14.6. The number of ether oxygens (including phenoxy) is 1. The zero-order chi connectivity index (χ0) is 18.2. The molecule has 0 aliphatic carbocycles. The molecule has 2 aliphatic heterocycles. The van der Waals surface area contributed by atoms with Gasteiger partial charge in [-0.25, -0.2) is 4.79 Å². The number of hydrogen-bond donors (Lipinski definition) is 2. The van der Waals surface area contributed by atoms with Crippen LogP contribution in [0.4, 0.5) is 15.0 Å². The number of rotatable bonds is 4. The van der Waals surface area contributed by atoms with Gasteiger partial charge < -0.3 is 20.7 Å². The maximum atomic E-state index is 14.2. The van der Waals surface area contributed by atoms with Crippen LogP contribution in [-0.4, -0.2) is 53.7 Å². The van der Waals surface area contributed by atoms with Gasteiger partial charge in [-0.15, -0.1) is 5.12 Å². The van der Waals surface area contributed by atoms with Gasteiger partial charge in [0.15, 0.2) is 6.10 Å². The minimum absolute atomic E-state index is 0.132. The van der Waals surface area contributed by atoms with E-state index in [1.54, 1.807) is 12.1 Å². The average molecular weight is 391 g/mol. The van der Waals surface area contributed by atoms with Crippen LogP contribution in [0.5, 0.6) is 0 Å². The van der Waals surface area contributed by atoms with Gasteiger partial charge in [-0.2, -0.15) is 0 Å². The van der Waals surface area contributed by atoms with Crippen molar-refractivity contribution in [3.63, 3.8) is 0 Å². The van der Waals surface area contributed by atoms with Crippen molar-refractivity contribution in [1.82, 2.24) is 10.4 Å². The van der Waals surface area contributed by atoms with Gasteiger partial charge in [0.2, 0.25) is 4.33 Å². The van der Waals surface area contributed by atoms with E-state index in [0.717, 1.165) is 31.9 Å². The molecule has 136 valence electrons. The third kappa shape index (κ3) is 3.33. The minimum atomic E-state index is -2.25. The molecule has 10 heteroatoms. The Kier molecular flexibility index (Phi) is 4.95. The standard InChI is InChI=1S/C15H17Cl2FN4O3/c16-15(17,13(19)23)12-11(22(18)14(24)25-12)9-1-3-10(4-2-9)21-7-5-20-6-8-21/h1-4,11-12,20H,5-8H2,(H2,19,23). The summed E-state index contributed by atoms with van der Waals surface area (Å²) in [7, 11) is 0. The van der Waals surface area contributed by atoms with Gasteiger partial charge >= 0.3 is 6.09 Å². The van der Waals surface area contributed by atoms with Crippen molar-refractivity contribution in [2.75, 3.05) is 31.1 Å². The molecule has 1 aromatic carbocycles. The number of halogens is 3. The molecular formula is C15H17Cl2FN4O3. The van der Waals surface area contributed by atoms with E-state index in [1.807, 2.05) is 12.1 Å². The normalized spacial score (nSPS) is 24.4. The van der Waals surface area contributed by atoms with E-state index < -0.39 is 28.5 Å². The van der Waals surface area contributed by atoms with E-state index >= 15 is 0 Å². The third-order valence-corrected chi connectivity index (χ3v) is 5.14. The smallest absolute Gasteiger partial charge is 0.438 e. The molecule has 2 saturated heterocycles. The van der Waals surface area contributed by atoms with Crippen molar-refractivity contribution < 1.29 is 18.8 Å². The van der Waals surface area contributed by atoms with Gasteiger partial charge in [-0.05, 0) is 17.7 Å². The Hall–Kier alpha value is -1.77. The second-order valence-electron chi connectivity index (χ2n) is 5.88. The molecule has 3 N–H and O–H groups in total. The quantitative estimate of drug-likeness (QED) is 0.600. The van der Waals surface area contributed by atoms with Crippen LogP contribution in [0.1, 0.15) is 11.6 Å². The van der Waals surface area contributed by atoms with Crippen LogP contribution in [0.25, 0.3) is 0 Å². The minimum Gasteiger partial charge on any atom is -0.438 e. The topological polar surface area (TPSA) is 87.9 Å². The molecule has 0 spiro atoms. The Bertz CT molecular complexity index is 667. The van der Waals surface area contributed by atoms with Crippen LogP contribution < -0.4 is 16.0 Å². The Labute approximate surface area is 153 Å². The van der Waals surface area contributed by atoms with Crippen molar-refractivity contribution >= 4 is 40.9 Å². The van der Waals surface area contributed by atoms with Crippen molar-refractivity contribution in [3.8, 4) is 0 Å². The Morgan fingerprint density at radius 3 is 2.44 bits per heavy atom. The molecule has 2 atom stereocenters. The lowest BCUT2D eigenvalue weighted by Gasteiger charge is -2.30. The highest BCUT2D eigenvalue weighted by Crippen LogP contribution is 2.43. The summed E-state index contributed by atoms with van der Waals surface area (Å²) in [5.74, 6) is -1.12. The number of amides is 2. The van der Waals surface area contributed by atoms with Crippen LogP contribution >= 0.6 is 23.2 Å². The predicted octanol–water partition coefficient (Wildman–Crippen LogP) is 1.50. The Morgan fingerprint density at radius 2 is 1.88 bits per heavy atom. The van der Waals surface area contributed by atoms with Crippen molar-refractivity contribution in [2.45, 2.75) is 16.5 Å². The third-order valence-electron chi connectivity index (χ3n) is 4.34. The van der Waals surface area contributed by atoms with Crippen LogP contribution in [0.15, 0.2) is 24.3 Å². The lowest BCUT2D eigenvalue weighted by atomic mass is 9.98. The average Bonchev–Trinajstić information content (AvgIpc) is 2.91. The highest BCUT2D eigenvalue weighted by molar-refractivity contribution is 6.58. The summed E-state index contributed by atoms with van der Waals surface area (Å²) < 4.78 is 16.8. The van der Waals surface area contributed by atoms with Gasteiger partial charge in [0.25, 0.3) is 5.91 Å². The molecule has 1 aromatic rings. The number of piperazine rings is 1. The van der Waals surface area contributed by atoms with Crippen molar-refractivity contribution in [3.05, 3.63) is 29.8 Å². The van der Waals surface area contributed by atoms with Gasteiger partial charge in [-0.1, -0.05) is 39.8 Å². The number of benzene rings is 1. The molecule has 7 nitrogen and oxygen atoms in total. The van der Waals surface area contributed by atoms with E-state index in [1.165, 1.54) is 0 Å². The molecular weight excluding hydrogens is 374 g/mol. The summed E-state index contributed by atoms with van der Waals surface area (Å²) in [4.78, 5) is 25.2. The lowest BCUT2D eigenvalue weighted by Crippen LogP contribution is -2.46. The number of nitrogens with one attached hydrogen (secondary N) is 1. The number of nitrogens with two attached hydrogens (primary N) is 1. The number of anilines is 1. The number of carbonyl (C=O) groups is 2. The molecule has 25 heavy (non-hydrogen) atoms. The molecule has 0 aromatic heterocycles. The van der Waals surface area contributed by atoms with Gasteiger partial charge in [0.1, 0.15) is 6.04 Å². The summed E-state index contributed by atoms with van der Waals surface area (Å²) in [6, 6.07) is 5.64. The number of primary amides is 1. The number of hydrogen-bond acceptors (Lipinski definition) is 5. The van der Waals surface area contributed by atoms with E-state index in [9.17, 15) is 14.1 Å². The summed E-state index contributed by atoms with van der Waals surface area (Å²) in [6.07, 6.45) is -2.73. The highest BCUT2D eigenvalue weighted by atomic mass is 35.5. The first-order chi connectivity index (χ1) is 11.8. The number of nitrogens with zero attached hydrogens (tertiary/aromatic N) is 2. The molecule has 3 rings (SSSR count).